The monoisotopic (exact) mass is 321 g/mol. The summed E-state index contributed by atoms with van der Waals surface area (Å²) in [6.45, 7) is 7.89. The maximum absolute atomic E-state index is 10.4. The molecule has 0 fully saturated rings. The number of nitrogens with one attached hydrogen (secondary N) is 1. The summed E-state index contributed by atoms with van der Waals surface area (Å²) in [5, 5.41) is 13.7. The molecule has 0 aliphatic heterocycles. The van der Waals surface area contributed by atoms with Gasteiger partial charge in [0.05, 0.1) is 19.3 Å². The van der Waals surface area contributed by atoms with Gasteiger partial charge in [-0.15, -0.1) is 0 Å². The molecule has 130 valence electrons. The van der Waals surface area contributed by atoms with E-state index in [1.807, 2.05) is 57.0 Å². The van der Waals surface area contributed by atoms with Gasteiger partial charge in [0, 0.05) is 25.7 Å². The molecule has 0 radical (unpaired) electrons. The molecule has 0 saturated heterocycles. The van der Waals surface area contributed by atoms with Crippen molar-refractivity contribution in [2.75, 3.05) is 27.2 Å². The fourth-order valence-electron chi connectivity index (χ4n) is 2.33. The molecular weight excluding hydrogens is 290 g/mol. The van der Waals surface area contributed by atoms with Gasteiger partial charge in [-0.2, -0.15) is 0 Å². The molecule has 0 saturated carbocycles. The Labute approximate surface area is 140 Å². The van der Waals surface area contributed by atoms with E-state index in [1.54, 1.807) is 7.11 Å². The Morgan fingerprint density at radius 2 is 1.91 bits per heavy atom. The first-order chi connectivity index (χ1) is 11.0. The van der Waals surface area contributed by atoms with E-state index in [0.717, 1.165) is 23.8 Å². The van der Waals surface area contributed by atoms with Gasteiger partial charge in [-0.3, -0.25) is 4.99 Å². The number of benzene rings is 1. The van der Waals surface area contributed by atoms with Gasteiger partial charge in [-0.1, -0.05) is 32.0 Å². The van der Waals surface area contributed by atoms with Gasteiger partial charge in [0.15, 0.2) is 5.96 Å². The minimum absolute atomic E-state index is 0.401. The van der Waals surface area contributed by atoms with Gasteiger partial charge >= 0.3 is 0 Å². The van der Waals surface area contributed by atoms with Crippen molar-refractivity contribution in [2.45, 2.75) is 45.8 Å². The van der Waals surface area contributed by atoms with Gasteiger partial charge in [0.2, 0.25) is 0 Å². The minimum Gasteiger partial charge on any atom is -0.496 e. The van der Waals surface area contributed by atoms with Crippen LogP contribution in [0.1, 0.15) is 39.2 Å². The molecule has 0 spiro atoms. The number of methoxy groups -OCH3 is 1. The molecule has 0 aromatic heterocycles. The molecule has 0 aliphatic rings. The average Bonchev–Trinajstić information content (AvgIpc) is 2.58. The second-order valence-electron chi connectivity index (χ2n) is 5.77. The highest BCUT2D eigenvalue weighted by Crippen LogP contribution is 2.19. The summed E-state index contributed by atoms with van der Waals surface area (Å²) < 4.78 is 5.41. The van der Waals surface area contributed by atoms with Crippen LogP contribution in [0, 0.1) is 0 Å². The van der Waals surface area contributed by atoms with Crippen LogP contribution in [-0.2, 0) is 6.54 Å². The van der Waals surface area contributed by atoms with Crippen molar-refractivity contribution in [3.05, 3.63) is 29.8 Å². The molecule has 1 aromatic rings. The maximum atomic E-state index is 10.4. The van der Waals surface area contributed by atoms with Crippen molar-refractivity contribution in [1.29, 1.82) is 0 Å². The molecule has 0 heterocycles. The Balaban J connectivity index is 2.87. The predicted molar refractivity (Wildman–Crippen MR) is 96.0 cm³/mol. The van der Waals surface area contributed by atoms with Crippen molar-refractivity contribution < 1.29 is 9.84 Å². The highest BCUT2D eigenvalue weighted by atomic mass is 16.5. The van der Waals surface area contributed by atoms with Crippen LogP contribution < -0.4 is 10.1 Å². The Bertz CT molecular complexity index is 499. The van der Waals surface area contributed by atoms with Crippen LogP contribution >= 0.6 is 0 Å². The quantitative estimate of drug-likeness (QED) is 0.571. The number of rotatable bonds is 8. The minimum atomic E-state index is -0.730. The van der Waals surface area contributed by atoms with Crippen LogP contribution in [0.3, 0.4) is 0 Å². The summed E-state index contributed by atoms with van der Waals surface area (Å²) in [6, 6.07) is 7.97. The lowest BCUT2D eigenvalue weighted by Crippen LogP contribution is -2.40. The maximum Gasteiger partial charge on any atom is 0.194 e. The van der Waals surface area contributed by atoms with E-state index in [1.165, 1.54) is 0 Å². The second-order valence-corrected chi connectivity index (χ2v) is 5.77. The molecular formula is C18H31N3O2. The standard InChI is InChI=1S/C18H31N3O2/c1-6-18(22,7-2)14-20-17(19-8-3)21(4)13-15-11-9-10-12-16(15)23-5/h9-12,22H,6-8,13-14H2,1-5H3,(H,19,20). The van der Waals surface area contributed by atoms with Gasteiger partial charge in [0.25, 0.3) is 0 Å². The van der Waals surface area contributed by atoms with E-state index in [0.29, 0.717) is 25.9 Å². The number of aliphatic hydroxyl groups is 1. The molecule has 0 amide bonds. The third-order valence-corrected chi connectivity index (χ3v) is 4.14. The summed E-state index contributed by atoms with van der Waals surface area (Å²) in [5.41, 5.74) is 0.371. The van der Waals surface area contributed by atoms with E-state index in [-0.39, 0.29) is 0 Å². The highest BCUT2D eigenvalue weighted by Gasteiger charge is 2.22. The van der Waals surface area contributed by atoms with Crippen molar-refractivity contribution >= 4 is 5.96 Å². The van der Waals surface area contributed by atoms with Crippen LogP contribution in [0.2, 0.25) is 0 Å². The molecule has 0 aliphatic carbocycles. The summed E-state index contributed by atoms with van der Waals surface area (Å²) in [7, 11) is 3.67. The number of hydrogen-bond acceptors (Lipinski definition) is 3. The fraction of sp³-hybridized carbons (Fsp3) is 0.611. The van der Waals surface area contributed by atoms with Crippen LogP contribution in [-0.4, -0.2) is 48.8 Å². The van der Waals surface area contributed by atoms with Gasteiger partial charge < -0.3 is 20.1 Å². The first-order valence-corrected chi connectivity index (χ1v) is 8.33. The van der Waals surface area contributed by atoms with Gasteiger partial charge in [-0.05, 0) is 25.8 Å². The van der Waals surface area contributed by atoms with Gasteiger partial charge in [0.1, 0.15) is 5.75 Å². The number of nitrogens with zero attached hydrogens (tertiary/aromatic N) is 2. The zero-order chi connectivity index (χ0) is 17.3. The highest BCUT2D eigenvalue weighted by molar-refractivity contribution is 5.79. The fourth-order valence-corrected chi connectivity index (χ4v) is 2.33. The molecule has 5 heteroatoms. The summed E-state index contributed by atoms with van der Waals surface area (Å²) in [5.74, 6) is 1.66. The van der Waals surface area contributed by atoms with Crippen molar-refractivity contribution in [2.24, 2.45) is 4.99 Å². The van der Waals surface area contributed by atoms with E-state index >= 15 is 0 Å². The van der Waals surface area contributed by atoms with E-state index in [2.05, 4.69) is 10.3 Å². The SMILES string of the molecule is CCNC(=NCC(O)(CC)CC)N(C)Cc1ccccc1OC. The van der Waals surface area contributed by atoms with Crippen LogP contribution in [0.5, 0.6) is 5.75 Å². The zero-order valence-corrected chi connectivity index (χ0v) is 15.1. The van der Waals surface area contributed by atoms with E-state index < -0.39 is 5.60 Å². The molecule has 0 unspecified atom stereocenters. The Morgan fingerprint density at radius 1 is 1.26 bits per heavy atom. The lowest BCUT2D eigenvalue weighted by molar-refractivity contribution is 0.0416. The molecule has 1 aromatic carbocycles. The third kappa shape index (κ3) is 5.75. The molecule has 0 bridgehead atoms. The summed E-state index contributed by atoms with van der Waals surface area (Å²) in [6.07, 6.45) is 1.39. The number of hydrogen-bond donors (Lipinski definition) is 2. The summed E-state index contributed by atoms with van der Waals surface area (Å²) >= 11 is 0. The normalized spacial score (nSPS) is 12.2. The van der Waals surface area contributed by atoms with Crippen LogP contribution in [0.15, 0.2) is 29.3 Å². The molecule has 23 heavy (non-hydrogen) atoms. The first kappa shape index (κ1) is 19.3. The predicted octanol–water partition coefficient (Wildman–Crippen LogP) is 2.64. The largest absolute Gasteiger partial charge is 0.496 e. The van der Waals surface area contributed by atoms with Crippen LogP contribution in [0.4, 0.5) is 0 Å². The second kappa shape index (κ2) is 9.40. The third-order valence-electron chi connectivity index (χ3n) is 4.14. The van der Waals surface area contributed by atoms with Gasteiger partial charge in [-0.25, -0.2) is 0 Å². The Morgan fingerprint density at radius 3 is 2.48 bits per heavy atom. The van der Waals surface area contributed by atoms with Crippen molar-refractivity contribution in [1.82, 2.24) is 10.2 Å². The van der Waals surface area contributed by atoms with Crippen molar-refractivity contribution in [3.63, 3.8) is 0 Å². The summed E-state index contributed by atoms with van der Waals surface area (Å²) in [4.78, 5) is 6.67. The van der Waals surface area contributed by atoms with E-state index in [4.69, 9.17) is 4.74 Å². The topological polar surface area (TPSA) is 57.1 Å². The van der Waals surface area contributed by atoms with Crippen molar-refractivity contribution in [3.8, 4) is 5.75 Å². The Hall–Kier alpha value is -1.75. The molecule has 5 nitrogen and oxygen atoms in total. The number of ether oxygens (including phenoxy) is 1. The first-order valence-electron chi connectivity index (χ1n) is 8.33. The zero-order valence-electron chi connectivity index (χ0n) is 15.1. The number of aliphatic imine (C=N–C) groups is 1. The van der Waals surface area contributed by atoms with Crippen LogP contribution in [0.25, 0.3) is 0 Å². The number of guanidine groups is 1. The van der Waals surface area contributed by atoms with E-state index in [9.17, 15) is 5.11 Å². The average molecular weight is 321 g/mol. The molecule has 0 atom stereocenters. The molecule has 2 N–H and O–H groups in total. The number of para-hydroxylation sites is 1. The lowest BCUT2D eigenvalue weighted by atomic mass is 9.98. The smallest absolute Gasteiger partial charge is 0.194 e. The Kier molecular flexibility index (Phi) is 7.89. The lowest BCUT2D eigenvalue weighted by Gasteiger charge is -2.26. The molecule has 1 rings (SSSR count).